The number of aliphatic hydroxyl groups excluding tert-OH is 30. The number of carbonyl (C=O) groups excluding carboxylic acids is 2. The molecule has 0 bridgehead atoms. The maximum absolute atomic E-state index is 12.9. The van der Waals surface area contributed by atoms with Crippen LogP contribution in [0.5, 0.6) is 0 Å². The first-order chi connectivity index (χ1) is 55.4. The number of aliphatic hydroxyl groups is 30. The van der Waals surface area contributed by atoms with E-state index in [1.165, 1.54) is 0 Å². The van der Waals surface area contributed by atoms with E-state index in [1.807, 2.05) is 0 Å². The van der Waals surface area contributed by atoms with E-state index in [1.54, 1.807) is 0 Å². The number of hydrogen-bond donors (Lipinski definition) is 32. The Balaban J connectivity index is 0.964. The molecule has 50 atom stereocenters. The van der Waals surface area contributed by atoms with Gasteiger partial charge in [-0.25, -0.2) is 0 Å². The Bertz CT molecular complexity index is 3050. The lowest BCUT2D eigenvalue weighted by molar-refractivity contribution is -0.412. The zero-order chi connectivity index (χ0) is 85.9. The molecule has 0 radical (unpaired) electrons. The van der Waals surface area contributed by atoms with Gasteiger partial charge >= 0.3 is 0 Å². The number of ether oxygens (including phenoxy) is 19. The smallest absolute Gasteiger partial charge is 0.217 e. The summed E-state index contributed by atoms with van der Waals surface area (Å²) in [5.74, 6) is -1.72. The van der Waals surface area contributed by atoms with Crippen molar-refractivity contribution in [3.63, 3.8) is 0 Å². The lowest BCUT2D eigenvalue weighted by Gasteiger charge is -2.50. The second-order valence-corrected chi connectivity index (χ2v) is 29.5. The summed E-state index contributed by atoms with van der Waals surface area (Å²) in [6, 6.07) is -3.54. The topological polar surface area (TPSA) is 840 Å². The van der Waals surface area contributed by atoms with Crippen LogP contribution < -0.4 is 10.6 Å². The van der Waals surface area contributed by atoms with E-state index in [0.717, 1.165) is 13.8 Å². The molecule has 0 aromatic rings. The largest absolute Gasteiger partial charge is 0.394 e. The van der Waals surface area contributed by atoms with Gasteiger partial charge in [0.2, 0.25) is 11.8 Å². The van der Waals surface area contributed by atoms with Crippen molar-refractivity contribution in [1.29, 1.82) is 0 Å². The van der Waals surface area contributed by atoms with Gasteiger partial charge in [0.1, 0.15) is 244 Å². The van der Waals surface area contributed by atoms with E-state index in [9.17, 15) is 163 Å². The molecule has 10 fully saturated rings. The molecule has 10 heterocycles. The molecule has 2 amide bonds. The zero-order valence-corrected chi connectivity index (χ0v) is 61.9. The fraction of sp³-hybridized carbons (Fsp3) is 0.969. The Labute approximate surface area is 660 Å². The Hall–Kier alpha value is -3.02. The molecule has 32 N–H and O–H groups in total. The molecular weight excluding hydrogens is 1610 g/mol. The highest BCUT2D eigenvalue weighted by atomic mass is 16.8. The lowest BCUT2D eigenvalue weighted by Crippen LogP contribution is -2.70. The van der Waals surface area contributed by atoms with Crippen molar-refractivity contribution in [2.75, 3.05) is 66.1 Å². The number of nitrogens with one attached hydrogen (secondary N) is 2. The lowest BCUT2D eigenvalue weighted by atomic mass is 9.94. The monoisotopic (exact) mass is 1720 g/mol. The highest BCUT2D eigenvalue weighted by Crippen LogP contribution is 2.41. The van der Waals surface area contributed by atoms with Gasteiger partial charge in [-0.15, -0.1) is 0 Å². The van der Waals surface area contributed by atoms with Gasteiger partial charge in [-0.05, 0) is 0 Å². The summed E-state index contributed by atoms with van der Waals surface area (Å²) in [5, 5.41) is 336. The van der Waals surface area contributed by atoms with Crippen LogP contribution in [0.4, 0.5) is 0 Å². The van der Waals surface area contributed by atoms with Crippen LogP contribution in [0.15, 0.2) is 0 Å². The second-order valence-electron chi connectivity index (χ2n) is 29.5. The molecule has 0 spiro atoms. The van der Waals surface area contributed by atoms with E-state index in [2.05, 4.69) is 10.6 Å². The van der Waals surface area contributed by atoms with Crippen LogP contribution in [0, 0.1) is 0 Å². The minimum Gasteiger partial charge on any atom is -0.394 e. The molecule has 117 heavy (non-hydrogen) atoms. The van der Waals surface area contributed by atoms with Gasteiger partial charge < -0.3 is 254 Å². The molecule has 0 aliphatic carbocycles. The fourth-order valence-electron chi connectivity index (χ4n) is 15.0. The predicted octanol–water partition coefficient (Wildman–Crippen LogP) is -22.5. The third-order valence-electron chi connectivity index (χ3n) is 21.7. The van der Waals surface area contributed by atoms with Gasteiger partial charge in [-0.3, -0.25) is 9.59 Å². The Morgan fingerprint density at radius 1 is 0.222 bits per heavy atom. The van der Waals surface area contributed by atoms with Gasteiger partial charge in [0.05, 0.1) is 66.1 Å². The van der Waals surface area contributed by atoms with E-state index in [4.69, 9.17) is 90.0 Å². The van der Waals surface area contributed by atoms with E-state index >= 15 is 0 Å². The van der Waals surface area contributed by atoms with Gasteiger partial charge in [0.15, 0.2) is 62.9 Å². The summed E-state index contributed by atoms with van der Waals surface area (Å²) in [4.78, 5) is 25.0. The van der Waals surface area contributed by atoms with Crippen molar-refractivity contribution in [3.8, 4) is 0 Å². The average Bonchev–Trinajstić information content (AvgIpc) is 0.769. The molecule has 10 aliphatic rings. The molecule has 10 rings (SSSR count). The van der Waals surface area contributed by atoms with Crippen LogP contribution >= 0.6 is 0 Å². The molecule has 0 aromatic carbocycles. The van der Waals surface area contributed by atoms with Crippen LogP contribution in [-0.4, -0.2) is 538 Å². The second kappa shape index (κ2) is 41.9. The molecule has 0 unspecified atom stereocenters. The van der Waals surface area contributed by atoms with Crippen LogP contribution in [0.1, 0.15) is 13.8 Å². The predicted molar refractivity (Wildman–Crippen MR) is 353 cm³/mol. The fourth-order valence-corrected chi connectivity index (χ4v) is 15.0. The van der Waals surface area contributed by atoms with Gasteiger partial charge in [0, 0.05) is 13.8 Å². The Morgan fingerprint density at radius 3 is 0.838 bits per heavy atom. The third-order valence-corrected chi connectivity index (χ3v) is 21.7. The molecule has 0 aromatic heterocycles. The number of amides is 2. The van der Waals surface area contributed by atoms with Crippen molar-refractivity contribution in [2.24, 2.45) is 0 Å². The first-order valence-corrected chi connectivity index (χ1v) is 37.2. The summed E-state index contributed by atoms with van der Waals surface area (Å²) in [5.41, 5.74) is 0. The minimum absolute atomic E-state index is 0.785. The highest BCUT2D eigenvalue weighted by Gasteiger charge is 2.62. The molecular formula is C64H108N2O51. The Kier molecular flexibility index (Phi) is 34.4. The molecule has 53 heteroatoms. The van der Waals surface area contributed by atoms with Crippen LogP contribution in [-0.2, 0) is 99.6 Å². The van der Waals surface area contributed by atoms with Gasteiger partial charge in [0.25, 0.3) is 0 Å². The SMILES string of the molecule is CC(=O)N[C@@H]1[C@@H](O)[C@H](O[C@@H]2O[C@H](CO)[C@@H](O[C@@H]3O[C@H](CO[C@H]4O[C@H](CO[C@H]5O[C@H](CO)[C@@H](O)[C@H](O)[C@@H]5O)[C@@H](O)[C@H](O[C@H]5O[C@H](CO)[C@@H](O)[C@H](O)[C@@H]5O[C@H]5O[C@H](CO)[C@@H](O)[C@H](O)[C@@H]5O[C@H]5O[C@H](CO)[C@@H](O)[C@H](O)[C@@H]5O[C@H]5O[C@H](CO)[C@@H](O)[C@H](O)[C@@H]5O)[C@@H]4O)[C@@H](O)[C@H](O[C@H]4O[C@H](CO)[C@@H](O)[C@H](O)[C@@H]4O)[C@@H]3O)[C@H](O)[C@H]2NC(C)=O)[C@@H](CO)O[C@H]1O. The summed E-state index contributed by atoms with van der Waals surface area (Å²) < 4.78 is 111. The number of carbonyl (C=O) groups is 2. The maximum atomic E-state index is 12.9. The quantitative estimate of drug-likeness (QED) is 0.0318. The highest BCUT2D eigenvalue weighted by molar-refractivity contribution is 5.73. The normalized spacial score (nSPS) is 51.5. The zero-order valence-electron chi connectivity index (χ0n) is 61.9. The van der Waals surface area contributed by atoms with Crippen LogP contribution in [0.3, 0.4) is 0 Å². The van der Waals surface area contributed by atoms with Crippen molar-refractivity contribution in [3.05, 3.63) is 0 Å². The molecule has 53 nitrogen and oxygen atoms in total. The van der Waals surface area contributed by atoms with Crippen molar-refractivity contribution in [2.45, 2.75) is 321 Å². The van der Waals surface area contributed by atoms with Crippen molar-refractivity contribution < 1.29 is 253 Å². The van der Waals surface area contributed by atoms with Gasteiger partial charge in [-0.1, -0.05) is 0 Å². The molecule has 680 valence electrons. The number of rotatable bonds is 30. The van der Waals surface area contributed by atoms with E-state index < -0.39 is 385 Å². The van der Waals surface area contributed by atoms with Crippen molar-refractivity contribution >= 4 is 11.8 Å². The van der Waals surface area contributed by atoms with Crippen LogP contribution in [0.2, 0.25) is 0 Å². The maximum Gasteiger partial charge on any atom is 0.217 e. The number of hydrogen-bond acceptors (Lipinski definition) is 51. The van der Waals surface area contributed by atoms with Crippen molar-refractivity contribution in [1.82, 2.24) is 10.6 Å². The Morgan fingerprint density at radius 2 is 0.462 bits per heavy atom. The standard InChI is InChI=1S/C64H108N2O51/c1-13(75)65-25-35(85)48(21(9-73)101-55(25)98)111-56-26(66-14(2)76)36(86)49(22(10-74)108-56)112-61-47(97)51(113-59-44(94)38(88)28(78)16(4-68)103-59)34(84)24(110-61)12-100-58-46(96)50(33(83)23(109-58)11-99-57-43(93)37(87)27(77)15(3-67)102-57)114-62-53(41(91)31(81)18(6-70)105-62)116-64-54(42(92)32(82)20(8-72)107-64)117-63-52(40(90)30(80)19(7-71)106-63)115-60-45(95)39(89)29(79)17(5-69)104-60/h15-64,67-74,77-98H,3-12H2,1-2H3,(H,65,75)(H,66,76)/t15-,16-,17-,18-,19-,20-,21-,22-,23-,24-,25-,26-,27-,28-,29-,30-,31-,32-,33-,34-,35-,36-,37+,38+,39+,40+,41+,42+,43+,44+,45+,46+,47+,48-,49-,50+,51+,52+,53+,54+,55-,56+,57+,58+,59-,60-,61+,62-,63-,64-/m1/s1. The van der Waals surface area contributed by atoms with E-state index in [0.29, 0.717) is 0 Å². The first kappa shape index (κ1) is 96.2. The third kappa shape index (κ3) is 20.7. The minimum atomic E-state index is -2.57. The molecule has 10 aliphatic heterocycles. The van der Waals surface area contributed by atoms with E-state index in [-0.39, 0.29) is 0 Å². The van der Waals surface area contributed by atoms with Gasteiger partial charge in [-0.2, -0.15) is 0 Å². The summed E-state index contributed by atoms with van der Waals surface area (Å²) >= 11 is 0. The molecule has 0 saturated carbocycles. The summed E-state index contributed by atoms with van der Waals surface area (Å²) in [6.07, 6.45) is -104. The average molecular weight is 1720 g/mol. The first-order valence-electron chi connectivity index (χ1n) is 37.2. The molecule has 10 saturated heterocycles. The summed E-state index contributed by atoms with van der Waals surface area (Å²) in [7, 11) is 0. The van der Waals surface area contributed by atoms with Crippen LogP contribution in [0.25, 0.3) is 0 Å². The summed E-state index contributed by atoms with van der Waals surface area (Å²) in [6.45, 7) is -9.17.